The molecule has 0 fully saturated rings. The standard InChI is InChI=1S/C19H15N3OS/c23-18(20-11-14-7-3-1-4-8-14)16-12-22-13-17(24-19(22)21-16)15-9-5-2-6-10-15/h1-10,12-13H,11H2,(H,20,23). The lowest BCUT2D eigenvalue weighted by Gasteiger charge is -2.02. The summed E-state index contributed by atoms with van der Waals surface area (Å²) in [6, 6.07) is 20.0. The highest BCUT2D eigenvalue weighted by molar-refractivity contribution is 7.20. The zero-order valence-corrected chi connectivity index (χ0v) is 13.7. The predicted molar refractivity (Wildman–Crippen MR) is 96.1 cm³/mol. The number of carbonyl (C=O) groups excluding carboxylic acids is 1. The number of thiazole rings is 1. The van der Waals surface area contributed by atoms with Gasteiger partial charge in [-0.05, 0) is 11.1 Å². The Balaban J connectivity index is 1.51. The lowest BCUT2D eigenvalue weighted by Crippen LogP contribution is -2.23. The van der Waals surface area contributed by atoms with Crippen LogP contribution in [-0.2, 0) is 6.54 Å². The van der Waals surface area contributed by atoms with Crippen LogP contribution in [0.15, 0.2) is 73.1 Å². The number of benzene rings is 2. The highest BCUT2D eigenvalue weighted by Crippen LogP contribution is 2.28. The number of imidazole rings is 1. The zero-order chi connectivity index (χ0) is 16.4. The van der Waals surface area contributed by atoms with Crippen molar-refractivity contribution < 1.29 is 4.79 Å². The van der Waals surface area contributed by atoms with Crippen LogP contribution < -0.4 is 5.32 Å². The summed E-state index contributed by atoms with van der Waals surface area (Å²) in [4.78, 5) is 18.7. The SMILES string of the molecule is O=C(NCc1ccccc1)c1cn2cc(-c3ccccc3)sc2n1. The van der Waals surface area contributed by atoms with Crippen LogP contribution in [0.2, 0.25) is 0 Å². The Kier molecular flexibility index (Phi) is 3.84. The molecule has 0 saturated heterocycles. The van der Waals surface area contributed by atoms with E-state index in [0.29, 0.717) is 12.2 Å². The van der Waals surface area contributed by atoms with Crippen molar-refractivity contribution in [2.75, 3.05) is 0 Å². The number of amides is 1. The van der Waals surface area contributed by atoms with Crippen LogP contribution in [0.4, 0.5) is 0 Å². The topological polar surface area (TPSA) is 46.4 Å². The lowest BCUT2D eigenvalue weighted by molar-refractivity contribution is 0.0946. The quantitative estimate of drug-likeness (QED) is 0.614. The molecule has 0 aliphatic carbocycles. The normalized spacial score (nSPS) is 10.8. The number of hydrogen-bond donors (Lipinski definition) is 1. The van der Waals surface area contributed by atoms with E-state index in [9.17, 15) is 4.79 Å². The number of rotatable bonds is 4. The molecule has 0 unspecified atom stereocenters. The summed E-state index contributed by atoms with van der Waals surface area (Å²) in [5.74, 6) is -0.156. The molecule has 2 aromatic carbocycles. The van der Waals surface area contributed by atoms with E-state index in [4.69, 9.17) is 0 Å². The van der Waals surface area contributed by atoms with Gasteiger partial charge in [0.2, 0.25) is 0 Å². The minimum atomic E-state index is -0.156. The van der Waals surface area contributed by atoms with Gasteiger partial charge in [0.25, 0.3) is 5.91 Å². The third kappa shape index (κ3) is 2.94. The van der Waals surface area contributed by atoms with Crippen molar-refractivity contribution in [3.8, 4) is 10.4 Å². The molecule has 0 aliphatic rings. The van der Waals surface area contributed by atoms with Crippen molar-refractivity contribution in [3.05, 3.63) is 84.3 Å². The molecular weight excluding hydrogens is 318 g/mol. The molecule has 4 aromatic rings. The minimum Gasteiger partial charge on any atom is -0.347 e. The van der Waals surface area contributed by atoms with E-state index in [1.807, 2.05) is 59.1 Å². The number of hydrogen-bond acceptors (Lipinski definition) is 3. The summed E-state index contributed by atoms with van der Waals surface area (Å²) in [7, 11) is 0. The van der Waals surface area contributed by atoms with Crippen LogP contribution in [-0.4, -0.2) is 15.3 Å². The third-order valence-corrected chi connectivity index (χ3v) is 4.79. The fraction of sp³-hybridized carbons (Fsp3) is 0.0526. The zero-order valence-electron chi connectivity index (χ0n) is 12.8. The largest absolute Gasteiger partial charge is 0.347 e. The van der Waals surface area contributed by atoms with E-state index in [2.05, 4.69) is 22.4 Å². The highest BCUT2D eigenvalue weighted by Gasteiger charge is 2.13. The first kappa shape index (κ1) is 14.7. The second-order valence-corrected chi connectivity index (χ2v) is 6.45. The van der Waals surface area contributed by atoms with Crippen molar-refractivity contribution in [1.29, 1.82) is 0 Å². The fourth-order valence-electron chi connectivity index (χ4n) is 2.51. The molecule has 118 valence electrons. The van der Waals surface area contributed by atoms with Gasteiger partial charge in [-0.1, -0.05) is 72.0 Å². The van der Waals surface area contributed by atoms with Crippen molar-refractivity contribution in [2.24, 2.45) is 0 Å². The third-order valence-electron chi connectivity index (χ3n) is 3.74. The van der Waals surface area contributed by atoms with E-state index < -0.39 is 0 Å². The van der Waals surface area contributed by atoms with Crippen molar-refractivity contribution in [3.63, 3.8) is 0 Å². The summed E-state index contributed by atoms with van der Waals surface area (Å²) >= 11 is 1.57. The molecule has 5 heteroatoms. The molecule has 0 atom stereocenters. The Bertz CT molecular complexity index is 942. The van der Waals surface area contributed by atoms with Crippen molar-refractivity contribution in [2.45, 2.75) is 6.54 Å². The number of nitrogens with one attached hydrogen (secondary N) is 1. The minimum absolute atomic E-state index is 0.156. The molecule has 0 bridgehead atoms. The van der Waals surface area contributed by atoms with Gasteiger partial charge in [0.1, 0.15) is 5.69 Å². The maximum atomic E-state index is 12.3. The number of fused-ring (bicyclic) bond motifs is 1. The molecule has 0 radical (unpaired) electrons. The van der Waals surface area contributed by atoms with Crippen LogP contribution >= 0.6 is 11.3 Å². The smallest absolute Gasteiger partial charge is 0.271 e. The molecule has 0 spiro atoms. The fourth-order valence-corrected chi connectivity index (χ4v) is 3.48. The summed E-state index contributed by atoms with van der Waals surface area (Å²) in [6.07, 6.45) is 3.79. The first-order valence-corrected chi connectivity index (χ1v) is 8.47. The summed E-state index contributed by atoms with van der Waals surface area (Å²) in [5.41, 5.74) is 2.66. The highest BCUT2D eigenvalue weighted by atomic mass is 32.1. The molecule has 0 aliphatic heterocycles. The van der Waals surface area contributed by atoms with Gasteiger partial charge in [-0.15, -0.1) is 0 Å². The van der Waals surface area contributed by atoms with Gasteiger partial charge in [0, 0.05) is 18.9 Å². The van der Waals surface area contributed by atoms with E-state index >= 15 is 0 Å². The Hall–Kier alpha value is -2.92. The Morgan fingerprint density at radius 2 is 1.71 bits per heavy atom. The van der Waals surface area contributed by atoms with E-state index in [-0.39, 0.29) is 5.91 Å². The Morgan fingerprint density at radius 1 is 1.00 bits per heavy atom. The predicted octanol–water partition coefficient (Wildman–Crippen LogP) is 3.99. The summed E-state index contributed by atoms with van der Waals surface area (Å²) in [5, 5.41) is 2.90. The van der Waals surface area contributed by atoms with Crippen molar-refractivity contribution in [1.82, 2.24) is 14.7 Å². The van der Waals surface area contributed by atoms with Gasteiger partial charge in [-0.2, -0.15) is 0 Å². The molecular formula is C19H15N3OS. The molecule has 24 heavy (non-hydrogen) atoms. The van der Waals surface area contributed by atoms with Crippen LogP contribution in [0.5, 0.6) is 0 Å². The van der Waals surface area contributed by atoms with Crippen LogP contribution in [0, 0.1) is 0 Å². The van der Waals surface area contributed by atoms with E-state index in [1.54, 1.807) is 17.5 Å². The Morgan fingerprint density at radius 3 is 2.42 bits per heavy atom. The maximum absolute atomic E-state index is 12.3. The molecule has 0 saturated carbocycles. The van der Waals surface area contributed by atoms with Gasteiger partial charge >= 0.3 is 0 Å². The van der Waals surface area contributed by atoms with Gasteiger partial charge in [-0.25, -0.2) is 4.98 Å². The first-order valence-electron chi connectivity index (χ1n) is 7.66. The summed E-state index contributed by atoms with van der Waals surface area (Å²) in [6.45, 7) is 0.500. The lowest BCUT2D eigenvalue weighted by atomic mass is 10.2. The van der Waals surface area contributed by atoms with Gasteiger partial charge in [0.05, 0.1) is 4.88 Å². The van der Waals surface area contributed by atoms with Gasteiger partial charge in [-0.3, -0.25) is 9.20 Å². The average Bonchev–Trinajstić information content (AvgIpc) is 3.20. The molecule has 4 nitrogen and oxygen atoms in total. The molecule has 2 heterocycles. The van der Waals surface area contributed by atoms with Crippen LogP contribution in [0.25, 0.3) is 15.4 Å². The first-order chi connectivity index (χ1) is 11.8. The molecule has 1 amide bonds. The number of nitrogens with zero attached hydrogens (tertiary/aromatic N) is 2. The van der Waals surface area contributed by atoms with Crippen LogP contribution in [0.3, 0.4) is 0 Å². The van der Waals surface area contributed by atoms with Crippen LogP contribution in [0.1, 0.15) is 16.1 Å². The molecule has 1 N–H and O–H groups in total. The maximum Gasteiger partial charge on any atom is 0.271 e. The second-order valence-electron chi connectivity index (χ2n) is 5.45. The van der Waals surface area contributed by atoms with Gasteiger partial charge < -0.3 is 5.32 Å². The van der Waals surface area contributed by atoms with Gasteiger partial charge in [0.15, 0.2) is 4.96 Å². The van der Waals surface area contributed by atoms with Crippen molar-refractivity contribution >= 4 is 22.2 Å². The molecule has 4 rings (SSSR count). The monoisotopic (exact) mass is 333 g/mol. The molecule has 2 aromatic heterocycles. The van der Waals surface area contributed by atoms with E-state index in [1.165, 1.54) is 0 Å². The number of carbonyl (C=O) groups is 1. The Labute approximate surface area is 143 Å². The summed E-state index contributed by atoms with van der Waals surface area (Å²) < 4.78 is 1.91. The average molecular weight is 333 g/mol. The second kappa shape index (κ2) is 6.29. The number of aromatic nitrogens is 2. The van der Waals surface area contributed by atoms with E-state index in [0.717, 1.165) is 21.0 Å².